The van der Waals surface area contributed by atoms with Gasteiger partial charge in [0.15, 0.2) is 11.9 Å². The molecule has 0 spiro atoms. The molecule has 3 rings (SSSR count). The number of nitrogens with zero attached hydrogens (tertiary/aromatic N) is 4. The maximum absolute atomic E-state index is 14.1. The van der Waals surface area contributed by atoms with Gasteiger partial charge in [0.2, 0.25) is 11.6 Å². The topological polar surface area (TPSA) is 237 Å². The van der Waals surface area contributed by atoms with Gasteiger partial charge >= 0.3 is 6.09 Å². The average molecular weight is 831 g/mol. The molecule has 1 aliphatic carbocycles. The maximum atomic E-state index is 14.1. The molecule has 1 aromatic carbocycles. The van der Waals surface area contributed by atoms with Gasteiger partial charge in [-0.15, -0.1) is 0 Å². The van der Waals surface area contributed by atoms with E-state index < -0.39 is 66.2 Å². The van der Waals surface area contributed by atoms with Crippen molar-refractivity contribution in [1.82, 2.24) is 4.90 Å². The van der Waals surface area contributed by atoms with Crippen LogP contribution in [0.5, 0.6) is 0 Å². The SMILES string of the molecule is CO[C@H]1/C=C\C=C(/C)C(=O)N(CC(=O)c2ccc(N=[N+]=[N-])c(I)c2)C2=CC(=O)C(N)=C(C[C@@H](C)C[C@H](OC)[C@H](O)[C@@H](C)/C=C(\C)[C@@H]1OC(N)=O)C2=O. The number of primary amides is 1. The summed E-state index contributed by atoms with van der Waals surface area (Å²) >= 11 is 1.91. The Balaban J connectivity index is 2.20. The van der Waals surface area contributed by atoms with Gasteiger partial charge < -0.3 is 30.8 Å². The molecule has 0 saturated carbocycles. The molecule has 0 fully saturated rings. The minimum Gasteiger partial charge on any atom is -0.439 e. The van der Waals surface area contributed by atoms with E-state index in [1.165, 1.54) is 57.6 Å². The molecule has 278 valence electrons. The molecular weight excluding hydrogens is 787 g/mol. The number of aliphatic hydroxyl groups is 1. The lowest BCUT2D eigenvalue weighted by molar-refractivity contribution is -0.128. The number of nitrogens with two attached hydrogens (primary N) is 2. The summed E-state index contributed by atoms with van der Waals surface area (Å²) in [5, 5.41) is 14.9. The van der Waals surface area contributed by atoms with Crippen LogP contribution in [0.15, 0.2) is 81.8 Å². The molecular formula is C36H43IN6O9. The highest BCUT2D eigenvalue weighted by atomic mass is 127. The second-order valence-electron chi connectivity index (χ2n) is 12.7. The second-order valence-corrected chi connectivity index (χ2v) is 13.8. The Hall–Kier alpha value is -4.61. The van der Waals surface area contributed by atoms with Crippen molar-refractivity contribution in [2.45, 2.75) is 65.0 Å². The molecule has 16 heteroatoms. The number of hydrogen-bond acceptors (Lipinski definition) is 11. The highest BCUT2D eigenvalue weighted by molar-refractivity contribution is 14.1. The Bertz CT molecular complexity index is 1810. The van der Waals surface area contributed by atoms with Crippen molar-refractivity contribution >= 4 is 57.6 Å². The van der Waals surface area contributed by atoms with E-state index in [9.17, 15) is 29.1 Å². The van der Waals surface area contributed by atoms with Crippen LogP contribution in [0.1, 0.15) is 50.9 Å². The van der Waals surface area contributed by atoms with Gasteiger partial charge in [-0.3, -0.25) is 24.1 Å². The molecule has 1 aliphatic heterocycles. The molecule has 0 radical (unpaired) electrons. The number of aliphatic hydroxyl groups excluding tert-OH is 1. The van der Waals surface area contributed by atoms with Crippen molar-refractivity contribution in [1.29, 1.82) is 0 Å². The number of amides is 2. The fourth-order valence-electron chi connectivity index (χ4n) is 6.00. The van der Waals surface area contributed by atoms with Gasteiger partial charge in [0.05, 0.1) is 35.8 Å². The summed E-state index contributed by atoms with van der Waals surface area (Å²) in [7, 11) is 2.83. The lowest BCUT2D eigenvalue weighted by atomic mass is 9.85. The first-order valence-electron chi connectivity index (χ1n) is 16.3. The highest BCUT2D eigenvalue weighted by Crippen LogP contribution is 2.31. The van der Waals surface area contributed by atoms with E-state index >= 15 is 0 Å². The standard InChI is InChI=1S/C36H43IN6O9/c1-18-12-23-31(38)27(44)16-26(33(23)47)43(17-28(45)22-10-11-25(41-42-40)24(37)15-22)35(48)19(2)8-7-9-29(50-5)34(52-36(39)49)21(4)14-20(3)32(46)30(13-18)51-6/h7-11,14-16,18,20,29-30,32,34,46H,12-13,17,38H2,1-6H3,(H2,39,49)/b9-7-,19-8+,21-14+/t18-,20+,29+,30+,32-,34+/m1/s1. The molecule has 0 unspecified atom stereocenters. The Labute approximate surface area is 315 Å². The molecule has 2 aliphatic rings. The molecule has 0 saturated heterocycles. The van der Waals surface area contributed by atoms with E-state index in [0.717, 1.165) is 11.0 Å². The monoisotopic (exact) mass is 830 g/mol. The number of fused-ring (bicyclic) bond motifs is 2. The van der Waals surface area contributed by atoms with Gasteiger partial charge in [0.1, 0.15) is 6.10 Å². The number of allylic oxidation sites excluding steroid dienone is 4. The number of azide groups is 1. The molecule has 2 amide bonds. The van der Waals surface area contributed by atoms with Crippen LogP contribution in [0.4, 0.5) is 10.5 Å². The lowest BCUT2D eigenvalue weighted by Crippen LogP contribution is -2.41. The van der Waals surface area contributed by atoms with Crippen LogP contribution in [-0.2, 0) is 28.6 Å². The van der Waals surface area contributed by atoms with Crippen molar-refractivity contribution in [3.05, 3.63) is 96.3 Å². The number of ketones is 3. The summed E-state index contributed by atoms with van der Waals surface area (Å²) in [4.78, 5) is 70.8. The van der Waals surface area contributed by atoms with Crippen LogP contribution in [0.3, 0.4) is 0 Å². The number of Topliss-reactive ketones (excluding diaryl/α,β-unsaturated/α-hetero) is 2. The Morgan fingerprint density at radius 3 is 2.44 bits per heavy atom. The number of halogens is 1. The van der Waals surface area contributed by atoms with Gasteiger partial charge in [-0.1, -0.05) is 55.4 Å². The van der Waals surface area contributed by atoms with E-state index in [1.54, 1.807) is 26.8 Å². The van der Waals surface area contributed by atoms with Crippen LogP contribution >= 0.6 is 22.6 Å². The van der Waals surface area contributed by atoms with Crippen molar-refractivity contribution < 1.29 is 43.3 Å². The first-order valence-corrected chi connectivity index (χ1v) is 17.3. The second kappa shape index (κ2) is 18.8. The van der Waals surface area contributed by atoms with Gasteiger partial charge in [0.25, 0.3) is 5.91 Å². The van der Waals surface area contributed by atoms with Gasteiger partial charge in [-0.25, -0.2) is 4.79 Å². The Morgan fingerprint density at radius 2 is 1.85 bits per heavy atom. The summed E-state index contributed by atoms with van der Waals surface area (Å²) in [5.74, 6) is -3.61. The van der Waals surface area contributed by atoms with E-state index in [-0.39, 0.29) is 46.9 Å². The number of benzene rings is 1. The summed E-state index contributed by atoms with van der Waals surface area (Å²) in [6, 6.07) is 4.36. The number of ether oxygens (including phenoxy) is 3. The number of carbonyl (C=O) groups excluding carboxylic acids is 5. The molecule has 1 aromatic rings. The molecule has 5 N–H and O–H groups in total. The zero-order valence-corrected chi connectivity index (χ0v) is 31.9. The fourth-order valence-corrected chi connectivity index (χ4v) is 6.62. The maximum Gasteiger partial charge on any atom is 0.405 e. The zero-order chi connectivity index (χ0) is 38.9. The molecule has 0 aromatic heterocycles. The van der Waals surface area contributed by atoms with E-state index in [2.05, 4.69) is 10.0 Å². The fraction of sp³-hybridized carbons (Fsp3) is 0.417. The van der Waals surface area contributed by atoms with Crippen molar-refractivity contribution in [2.24, 2.45) is 28.4 Å². The predicted molar refractivity (Wildman–Crippen MR) is 200 cm³/mol. The molecule has 52 heavy (non-hydrogen) atoms. The minimum atomic E-state index is -1.06. The summed E-state index contributed by atoms with van der Waals surface area (Å²) in [6.45, 7) is 6.09. The van der Waals surface area contributed by atoms with Gasteiger partial charge in [-0.2, -0.15) is 0 Å². The molecule has 2 bridgehead atoms. The number of methoxy groups -OCH3 is 2. The van der Waals surface area contributed by atoms with Crippen LogP contribution in [-0.4, -0.2) is 84.5 Å². The first kappa shape index (κ1) is 41.8. The normalized spacial score (nSPS) is 27.8. The zero-order valence-electron chi connectivity index (χ0n) is 29.7. The van der Waals surface area contributed by atoms with E-state index in [1.807, 2.05) is 22.6 Å². The molecule has 15 nitrogen and oxygen atoms in total. The Kier molecular flexibility index (Phi) is 15.1. The summed E-state index contributed by atoms with van der Waals surface area (Å²) in [5.41, 5.74) is 20.8. The van der Waals surface area contributed by atoms with Crippen molar-refractivity contribution in [3.63, 3.8) is 0 Å². The number of rotatable bonds is 7. The quantitative estimate of drug-likeness (QED) is 0.0642. The third-order valence-electron chi connectivity index (χ3n) is 8.81. The van der Waals surface area contributed by atoms with E-state index in [4.69, 9.17) is 31.2 Å². The number of hydrogen-bond donors (Lipinski definition) is 3. The summed E-state index contributed by atoms with van der Waals surface area (Å²) in [6.07, 6.45) is 2.58. The minimum absolute atomic E-state index is 0.000221. The molecule has 6 atom stereocenters. The first-order chi connectivity index (χ1) is 24.5. The average Bonchev–Trinajstić information content (AvgIpc) is 3.10. The lowest BCUT2D eigenvalue weighted by Gasteiger charge is -2.30. The van der Waals surface area contributed by atoms with Crippen LogP contribution in [0, 0.1) is 15.4 Å². The largest absolute Gasteiger partial charge is 0.439 e. The third kappa shape index (κ3) is 10.3. The summed E-state index contributed by atoms with van der Waals surface area (Å²) < 4.78 is 17.1. The van der Waals surface area contributed by atoms with Gasteiger partial charge in [0, 0.05) is 51.4 Å². The molecule has 1 heterocycles. The van der Waals surface area contributed by atoms with E-state index in [0.29, 0.717) is 14.8 Å². The van der Waals surface area contributed by atoms with Crippen molar-refractivity contribution in [3.8, 4) is 0 Å². The van der Waals surface area contributed by atoms with Crippen LogP contribution in [0.2, 0.25) is 0 Å². The van der Waals surface area contributed by atoms with Crippen LogP contribution in [0.25, 0.3) is 10.4 Å². The van der Waals surface area contributed by atoms with Gasteiger partial charge in [-0.05, 0) is 72.4 Å². The number of carbonyl (C=O) groups is 5. The Morgan fingerprint density at radius 1 is 1.15 bits per heavy atom. The highest BCUT2D eigenvalue weighted by Gasteiger charge is 2.36. The van der Waals surface area contributed by atoms with Crippen molar-refractivity contribution in [2.75, 3.05) is 20.8 Å². The predicted octanol–water partition coefficient (Wildman–Crippen LogP) is 4.86. The smallest absolute Gasteiger partial charge is 0.405 e. The van der Waals surface area contributed by atoms with Crippen LogP contribution < -0.4 is 11.5 Å². The third-order valence-corrected chi connectivity index (χ3v) is 9.67.